The number of carboxylic acids is 1. The zero-order chi connectivity index (χ0) is 9.31. The molecule has 2 saturated carbocycles. The van der Waals surface area contributed by atoms with Crippen LogP contribution in [-0.2, 0) is 9.53 Å². The molecule has 2 rings (SSSR count). The van der Waals surface area contributed by atoms with E-state index in [1.54, 1.807) is 0 Å². The van der Waals surface area contributed by atoms with E-state index in [-0.39, 0.29) is 11.8 Å². The van der Waals surface area contributed by atoms with E-state index in [1.165, 1.54) is 12.8 Å². The molecule has 0 amide bonds. The van der Waals surface area contributed by atoms with Crippen molar-refractivity contribution in [2.75, 3.05) is 13.2 Å². The molecule has 0 radical (unpaired) electrons. The molecule has 2 fully saturated rings. The van der Waals surface area contributed by atoms with Crippen molar-refractivity contribution in [1.82, 2.24) is 0 Å². The topological polar surface area (TPSA) is 46.5 Å². The van der Waals surface area contributed by atoms with Crippen molar-refractivity contribution in [3.63, 3.8) is 0 Å². The van der Waals surface area contributed by atoms with Gasteiger partial charge in [-0.15, -0.1) is 0 Å². The summed E-state index contributed by atoms with van der Waals surface area (Å²) in [5.41, 5.74) is 0.0146. The molecule has 0 unspecified atom stereocenters. The van der Waals surface area contributed by atoms with Gasteiger partial charge in [0.05, 0.1) is 13.0 Å². The lowest BCUT2D eigenvalue weighted by molar-refractivity contribution is -0.139. The van der Waals surface area contributed by atoms with Crippen molar-refractivity contribution in [3.8, 4) is 0 Å². The first-order chi connectivity index (χ1) is 6.20. The van der Waals surface area contributed by atoms with E-state index in [0.29, 0.717) is 6.61 Å². The average Bonchev–Trinajstić information content (AvgIpc) is 2.86. The molecule has 1 N–H and O–H groups in total. The summed E-state index contributed by atoms with van der Waals surface area (Å²) in [6.07, 6.45) is 4.95. The third kappa shape index (κ3) is 2.69. The van der Waals surface area contributed by atoms with Crippen LogP contribution >= 0.6 is 0 Å². The van der Waals surface area contributed by atoms with Gasteiger partial charge in [0.25, 0.3) is 0 Å². The van der Waals surface area contributed by atoms with Gasteiger partial charge in [0.1, 0.15) is 0 Å². The van der Waals surface area contributed by atoms with E-state index in [4.69, 9.17) is 9.84 Å². The number of hydrogen-bond donors (Lipinski definition) is 1. The lowest BCUT2D eigenvalue weighted by Crippen LogP contribution is -2.16. The molecule has 0 aliphatic heterocycles. The van der Waals surface area contributed by atoms with Gasteiger partial charge in [-0.25, -0.2) is 0 Å². The predicted octanol–water partition coefficient (Wildman–Crippen LogP) is 1.67. The SMILES string of the molecule is O=C(O)CC1(COCC2CC2)CC1. The predicted molar refractivity (Wildman–Crippen MR) is 47.5 cm³/mol. The number of carboxylic acid groups (broad SMARTS) is 1. The van der Waals surface area contributed by atoms with Crippen LogP contribution in [-0.4, -0.2) is 24.3 Å². The first-order valence-electron chi connectivity index (χ1n) is 5.00. The molecule has 0 aromatic heterocycles. The molecule has 3 heteroatoms. The molecule has 2 aliphatic carbocycles. The Morgan fingerprint density at radius 3 is 2.62 bits per heavy atom. The number of ether oxygens (including phenoxy) is 1. The fourth-order valence-electron chi connectivity index (χ4n) is 1.60. The second-order valence-electron chi connectivity index (χ2n) is 4.53. The van der Waals surface area contributed by atoms with Gasteiger partial charge in [-0.1, -0.05) is 0 Å². The van der Waals surface area contributed by atoms with E-state index in [0.717, 1.165) is 25.4 Å². The van der Waals surface area contributed by atoms with Crippen LogP contribution < -0.4 is 0 Å². The summed E-state index contributed by atoms with van der Waals surface area (Å²) in [5.74, 6) is 0.0909. The van der Waals surface area contributed by atoms with Crippen molar-refractivity contribution in [3.05, 3.63) is 0 Å². The Kier molecular flexibility index (Phi) is 2.28. The highest BCUT2D eigenvalue weighted by atomic mass is 16.5. The second-order valence-corrected chi connectivity index (χ2v) is 4.53. The minimum Gasteiger partial charge on any atom is -0.481 e. The summed E-state index contributed by atoms with van der Waals surface area (Å²) in [4.78, 5) is 10.5. The summed E-state index contributed by atoms with van der Waals surface area (Å²) in [6.45, 7) is 1.51. The highest BCUT2D eigenvalue weighted by molar-refractivity contribution is 5.68. The summed E-state index contributed by atoms with van der Waals surface area (Å²) in [6, 6.07) is 0. The lowest BCUT2D eigenvalue weighted by atomic mass is 10.0. The Labute approximate surface area is 78.1 Å². The molecule has 0 saturated heterocycles. The summed E-state index contributed by atoms with van der Waals surface area (Å²) in [5, 5.41) is 8.65. The third-order valence-electron chi connectivity index (χ3n) is 2.94. The molecule has 0 bridgehead atoms. The van der Waals surface area contributed by atoms with E-state index in [1.807, 2.05) is 0 Å². The fraction of sp³-hybridized carbons (Fsp3) is 0.900. The van der Waals surface area contributed by atoms with Gasteiger partial charge in [-0.2, -0.15) is 0 Å². The molecule has 2 aliphatic rings. The third-order valence-corrected chi connectivity index (χ3v) is 2.94. The molecule has 0 aromatic carbocycles. The smallest absolute Gasteiger partial charge is 0.303 e. The van der Waals surface area contributed by atoms with E-state index < -0.39 is 5.97 Å². The van der Waals surface area contributed by atoms with Gasteiger partial charge in [0.2, 0.25) is 0 Å². The Morgan fingerprint density at radius 2 is 2.15 bits per heavy atom. The Balaban J connectivity index is 1.64. The summed E-state index contributed by atoms with van der Waals surface area (Å²) >= 11 is 0. The standard InChI is InChI=1S/C10H16O3/c11-9(12)5-10(3-4-10)7-13-6-8-1-2-8/h8H,1-7H2,(H,11,12). The minimum absolute atomic E-state index is 0.0146. The highest BCUT2D eigenvalue weighted by Gasteiger charge is 2.44. The average molecular weight is 184 g/mol. The largest absolute Gasteiger partial charge is 0.481 e. The molecule has 0 heterocycles. The maximum atomic E-state index is 10.5. The van der Waals surface area contributed by atoms with Crippen molar-refractivity contribution in [2.45, 2.75) is 32.1 Å². The molecule has 3 nitrogen and oxygen atoms in total. The number of hydrogen-bond acceptors (Lipinski definition) is 2. The first kappa shape index (κ1) is 9.00. The minimum atomic E-state index is -0.687. The van der Waals surface area contributed by atoms with Crippen LogP contribution in [0.25, 0.3) is 0 Å². The van der Waals surface area contributed by atoms with Gasteiger partial charge < -0.3 is 9.84 Å². The van der Waals surface area contributed by atoms with Gasteiger partial charge in [0, 0.05) is 12.0 Å². The van der Waals surface area contributed by atoms with Gasteiger partial charge in [0.15, 0.2) is 0 Å². The van der Waals surface area contributed by atoms with Gasteiger partial charge in [-0.05, 0) is 31.6 Å². The molecular formula is C10H16O3. The van der Waals surface area contributed by atoms with Crippen LogP contribution in [0, 0.1) is 11.3 Å². The van der Waals surface area contributed by atoms with Crippen LogP contribution in [0.3, 0.4) is 0 Å². The Morgan fingerprint density at radius 1 is 1.46 bits per heavy atom. The summed E-state index contributed by atoms with van der Waals surface area (Å²) < 4.78 is 5.52. The Hall–Kier alpha value is -0.570. The molecule has 13 heavy (non-hydrogen) atoms. The molecule has 74 valence electrons. The number of aliphatic carboxylic acids is 1. The molecule has 0 atom stereocenters. The zero-order valence-corrected chi connectivity index (χ0v) is 7.79. The highest BCUT2D eigenvalue weighted by Crippen LogP contribution is 2.49. The lowest BCUT2D eigenvalue weighted by Gasteiger charge is -2.12. The molecule has 0 spiro atoms. The molecule has 0 aromatic rings. The van der Waals surface area contributed by atoms with E-state index in [9.17, 15) is 4.79 Å². The Bertz CT molecular complexity index is 204. The number of carbonyl (C=O) groups is 1. The van der Waals surface area contributed by atoms with E-state index >= 15 is 0 Å². The van der Waals surface area contributed by atoms with Gasteiger partial charge >= 0.3 is 5.97 Å². The van der Waals surface area contributed by atoms with Crippen molar-refractivity contribution < 1.29 is 14.6 Å². The van der Waals surface area contributed by atoms with Crippen LogP contribution in [0.5, 0.6) is 0 Å². The summed E-state index contributed by atoms with van der Waals surface area (Å²) in [7, 11) is 0. The maximum Gasteiger partial charge on any atom is 0.303 e. The first-order valence-corrected chi connectivity index (χ1v) is 5.00. The quantitative estimate of drug-likeness (QED) is 0.683. The second kappa shape index (κ2) is 3.29. The van der Waals surface area contributed by atoms with Crippen LogP contribution in [0.4, 0.5) is 0 Å². The molecular weight excluding hydrogens is 168 g/mol. The van der Waals surface area contributed by atoms with Crippen molar-refractivity contribution in [1.29, 1.82) is 0 Å². The van der Waals surface area contributed by atoms with Gasteiger partial charge in [-0.3, -0.25) is 4.79 Å². The number of rotatable bonds is 6. The van der Waals surface area contributed by atoms with Crippen LogP contribution in [0.1, 0.15) is 32.1 Å². The van der Waals surface area contributed by atoms with E-state index in [2.05, 4.69) is 0 Å². The van der Waals surface area contributed by atoms with Crippen LogP contribution in [0.2, 0.25) is 0 Å². The zero-order valence-electron chi connectivity index (χ0n) is 7.79. The monoisotopic (exact) mass is 184 g/mol. The normalized spacial score (nSPS) is 24.3. The maximum absolute atomic E-state index is 10.5. The van der Waals surface area contributed by atoms with Crippen molar-refractivity contribution >= 4 is 5.97 Å². The fourth-order valence-corrected chi connectivity index (χ4v) is 1.60. The van der Waals surface area contributed by atoms with Crippen molar-refractivity contribution in [2.24, 2.45) is 11.3 Å². The van der Waals surface area contributed by atoms with Crippen LogP contribution in [0.15, 0.2) is 0 Å².